The third-order valence-corrected chi connectivity index (χ3v) is 7.96. The number of H-pyrrole nitrogens is 1. The zero-order valence-corrected chi connectivity index (χ0v) is 19.3. The second-order valence-electron chi connectivity index (χ2n) is 8.56. The van der Waals surface area contributed by atoms with E-state index in [1.807, 2.05) is 18.3 Å². The molecule has 0 bridgehead atoms. The minimum atomic E-state index is -3.95. The molecule has 1 aromatic carbocycles. The van der Waals surface area contributed by atoms with Crippen LogP contribution in [0.4, 0.5) is 5.82 Å². The summed E-state index contributed by atoms with van der Waals surface area (Å²) in [6.07, 6.45) is 6.12. The summed E-state index contributed by atoms with van der Waals surface area (Å²) in [6.45, 7) is 1.67. The molecule has 10 heteroatoms. The van der Waals surface area contributed by atoms with E-state index >= 15 is 0 Å². The largest absolute Gasteiger partial charge is 0.396 e. The Kier molecular flexibility index (Phi) is 7.06. The number of hydrogen-bond donors (Lipinski definition) is 4. The molecule has 0 aliphatic carbocycles. The van der Waals surface area contributed by atoms with Crippen LogP contribution in [0, 0.1) is 5.92 Å². The Morgan fingerprint density at radius 2 is 2.00 bits per heavy atom. The summed E-state index contributed by atoms with van der Waals surface area (Å²) >= 11 is 0. The third kappa shape index (κ3) is 5.23. The quantitative estimate of drug-likeness (QED) is 0.377. The van der Waals surface area contributed by atoms with Gasteiger partial charge in [-0.2, -0.15) is 4.72 Å². The fourth-order valence-electron chi connectivity index (χ4n) is 4.52. The van der Waals surface area contributed by atoms with Crippen molar-refractivity contribution >= 4 is 32.7 Å². The van der Waals surface area contributed by atoms with Gasteiger partial charge in [0, 0.05) is 49.5 Å². The average molecular weight is 474 g/mol. The van der Waals surface area contributed by atoms with Crippen LogP contribution in [-0.4, -0.2) is 59.6 Å². The average Bonchev–Trinajstić information content (AvgIpc) is 3.45. The number of aromatic nitrogens is 2. The van der Waals surface area contributed by atoms with Crippen LogP contribution in [0.15, 0.2) is 53.7 Å². The van der Waals surface area contributed by atoms with Gasteiger partial charge in [-0.25, -0.2) is 8.42 Å². The third-order valence-electron chi connectivity index (χ3n) is 6.43. The van der Waals surface area contributed by atoms with Gasteiger partial charge in [0.25, 0.3) is 0 Å². The maximum absolute atomic E-state index is 13.4. The number of fused-ring (bicyclic) bond motifs is 1. The molecule has 1 amide bonds. The Labute approximate surface area is 193 Å². The van der Waals surface area contributed by atoms with Crippen molar-refractivity contribution in [3.05, 3.63) is 48.8 Å². The lowest BCUT2D eigenvalue weighted by atomic mass is 9.93. The lowest BCUT2D eigenvalue weighted by Gasteiger charge is -2.34. The van der Waals surface area contributed by atoms with Gasteiger partial charge in [-0.1, -0.05) is 6.07 Å². The number of aryl methyl sites for hydroxylation is 1. The van der Waals surface area contributed by atoms with Gasteiger partial charge in [0.15, 0.2) is 0 Å². The van der Waals surface area contributed by atoms with E-state index in [4.69, 9.17) is 5.73 Å². The van der Waals surface area contributed by atoms with Gasteiger partial charge in [-0.3, -0.25) is 4.79 Å². The molecule has 3 heterocycles. The van der Waals surface area contributed by atoms with Crippen molar-refractivity contribution in [1.82, 2.24) is 19.2 Å². The molecule has 1 aliphatic heterocycles. The molecule has 5 N–H and O–H groups in total. The molecule has 33 heavy (non-hydrogen) atoms. The van der Waals surface area contributed by atoms with Crippen LogP contribution in [0.3, 0.4) is 0 Å². The van der Waals surface area contributed by atoms with Crippen LogP contribution >= 0.6 is 0 Å². The lowest BCUT2D eigenvalue weighted by Crippen LogP contribution is -2.51. The zero-order valence-electron chi connectivity index (χ0n) is 18.5. The minimum Gasteiger partial charge on any atom is -0.396 e. The van der Waals surface area contributed by atoms with E-state index in [9.17, 15) is 18.3 Å². The van der Waals surface area contributed by atoms with Gasteiger partial charge in [0.05, 0.1) is 4.90 Å². The van der Waals surface area contributed by atoms with E-state index in [0.717, 1.165) is 19.3 Å². The fraction of sp³-hybridized carbons (Fsp3) is 0.435. The van der Waals surface area contributed by atoms with E-state index in [1.165, 1.54) is 0 Å². The maximum atomic E-state index is 13.4. The van der Waals surface area contributed by atoms with E-state index in [1.54, 1.807) is 39.9 Å². The van der Waals surface area contributed by atoms with Gasteiger partial charge >= 0.3 is 0 Å². The number of aliphatic hydroxyl groups excluding tert-OH is 1. The van der Waals surface area contributed by atoms with Crippen molar-refractivity contribution in [2.75, 3.05) is 25.4 Å². The zero-order chi connectivity index (χ0) is 23.4. The van der Waals surface area contributed by atoms with Crippen LogP contribution in [-0.2, 0) is 21.4 Å². The summed E-state index contributed by atoms with van der Waals surface area (Å²) in [4.78, 5) is 18.3. The van der Waals surface area contributed by atoms with Gasteiger partial charge < -0.3 is 25.3 Å². The number of aromatic amines is 1. The maximum Gasteiger partial charge on any atom is 0.241 e. The van der Waals surface area contributed by atoms with Crippen LogP contribution in [0.1, 0.15) is 25.7 Å². The lowest BCUT2D eigenvalue weighted by molar-refractivity contribution is -0.134. The van der Waals surface area contributed by atoms with E-state index < -0.39 is 16.1 Å². The van der Waals surface area contributed by atoms with Gasteiger partial charge in [0.1, 0.15) is 11.9 Å². The monoisotopic (exact) mass is 473 g/mol. The summed E-state index contributed by atoms with van der Waals surface area (Å²) in [5, 5.41) is 9.77. The Bertz CT molecular complexity index is 1190. The van der Waals surface area contributed by atoms with Crippen molar-refractivity contribution in [3.63, 3.8) is 0 Å². The molecule has 1 atom stereocenters. The SMILES string of the molecule is Nc1cccn1CCC(NS(=O)(=O)c1cccc2[nH]ccc12)C(=O)N1CCC(CCO)CC1. The summed E-state index contributed by atoms with van der Waals surface area (Å²) in [6, 6.07) is 9.41. The number of likely N-dealkylation sites (tertiary alicyclic amines) is 1. The standard InChI is InChI=1S/C23H31N5O4S/c24-22-5-2-12-27(22)15-9-20(23(30)28-13-7-17(8-14-28)10-16-29)26-33(31,32)21-4-1-3-19-18(21)6-11-25-19/h1-6,11-12,17,20,25-26,29H,7-10,13-16,24H2. The van der Waals surface area contributed by atoms with Crippen molar-refractivity contribution in [2.45, 2.75) is 43.2 Å². The number of amides is 1. The van der Waals surface area contributed by atoms with E-state index in [-0.39, 0.29) is 23.8 Å². The highest BCUT2D eigenvalue weighted by atomic mass is 32.2. The number of nitrogens with zero attached hydrogens (tertiary/aromatic N) is 2. The predicted molar refractivity (Wildman–Crippen MR) is 127 cm³/mol. The van der Waals surface area contributed by atoms with Crippen LogP contribution < -0.4 is 10.5 Å². The topological polar surface area (TPSA) is 133 Å². The van der Waals surface area contributed by atoms with Crippen molar-refractivity contribution in [1.29, 1.82) is 0 Å². The number of hydrogen-bond acceptors (Lipinski definition) is 5. The predicted octanol–water partition coefficient (Wildman–Crippen LogP) is 1.91. The number of nitrogens with one attached hydrogen (secondary N) is 2. The number of benzene rings is 1. The van der Waals surface area contributed by atoms with Crippen molar-refractivity contribution in [2.24, 2.45) is 5.92 Å². The molecule has 1 saturated heterocycles. The van der Waals surface area contributed by atoms with Gasteiger partial charge in [0.2, 0.25) is 15.9 Å². The second-order valence-corrected chi connectivity index (χ2v) is 10.2. The number of carbonyl (C=O) groups excluding carboxylic acids is 1. The summed E-state index contributed by atoms with van der Waals surface area (Å²) in [5.41, 5.74) is 6.68. The number of rotatable bonds is 9. The molecule has 1 unspecified atom stereocenters. The highest BCUT2D eigenvalue weighted by Gasteiger charge is 2.32. The number of carbonyl (C=O) groups is 1. The number of sulfonamides is 1. The number of anilines is 1. The Morgan fingerprint density at radius 1 is 1.21 bits per heavy atom. The molecule has 2 aromatic heterocycles. The van der Waals surface area contributed by atoms with Crippen LogP contribution in [0.2, 0.25) is 0 Å². The number of nitrogen functional groups attached to an aromatic ring is 1. The molecule has 9 nitrogen and oxygen atoms in total. The molecule has 3 aromatic rings. The van der Waals surface area contributed by atoms with Gasteiger partial charge in [-0.05, 0) is 61.9 Å². The summed E-state index contributed by atoms with van der Waals surface area (Å²) in [7, 11) is -3.95. The number of aliphatic hydroxyl groups is 1. The van der Waals surface area contributed by atoms with Crippen LogP contribution in [0.5, 0.6) is 0 Å². The summed E-state index contributed by atoms with van der Waals surface area (Å²) < 4.78 is 31.2. The minimum absolute atomic E-state index is 0.140. The van der Waals surface area contributed by atoms with E-state index in [2.05, 4.69) is 9.71 Å². The molecule has 4 rings (SSSR count). The second kappa shape index (κ2) is 9.98. The molecule has 1 aliphatic rings. The molecule has 0 spiro atoms. The smallest absolute Gasteiger partial charge is 0.241 e. The molecule has 1 fully saturated rings. The number of piperidine rings is 1. The first-order valence-corrected chi connectivity index (χ1v) is 12.8. The molecule has 178 valence electrons. The Balaban J connectivity index is 1.55. The van der Waals surface area contributed by atoms with Gasteiger partial charge in [-0.15, -0.1) is 0 Å². The Morgan fingerprint density at radius 3 is 2.70 bits per heavy atom. The first-order chi connectivity index (χ1) is 15.9. The van der Waals surface area contributed by atoms with Crippen molar-refractivity contribution in [3.8, 4) is 0 Å². The van der Waals surface area contributed by atoms with Crippen LogP contribution in [0.25, 0.3) is 10.9 Å². The molecular weight excluding hydrogens is 442 g/mol. The van der Waals surface area contributed by atoms with E-state index in [0.29, 0.717) is 42.3 Å². The Hall–Kier alpha value is -2.82. The highest BCUT2D eigenvalue weighted by molar-refractivity contribution is 7.89. The normalized spacial score (nSPS) is 16.3. The van der Waals surface area contributed by atoms with Crippen molar-refractivity contribution < 1.29 is 18.3 Å². The number of nitrogens with two attached hydrogens (primary N) is 1. The molecule has 0 saturated carbocycles. The first-order valence-electron chi connectivity index (χ1n) is 11.3. The first kappa shape index (κ1) is 23.3. The fourth-order valence-corrected chi connectivity index (χ4v) is 5.96. The highest BCUT2D eigenvalue weighted by Crippen LogP contribution is 2.24. The molecular formula is C23H31N5O4S. The summed E-state index contributed by atoms with van der Waals surface area (Å²) in [5.74, 6) is 0.721. The molecule has 0 radical (unpaired) electrons.